The van der Waals surface area contributed by atoms with Gasteiger partial charge >= 0.3 is 0 Å². The van der Waals surface area contributed by atoms with Crippen LogP contribution in [0.25, 0.3) is 0 Å². The highest BCUT2D eigenvalue weighted by molar-refractivity contribution is 9.10. The summed E-state index contributed by atoms with van der Waals surface area (Å²) < 4.78 is 1.24. The molecule has 0 fully saturated rings. The van der Waals surface area contributed by atoms with E-state index in [1.54, 1.807) is 0 Å². The van der Waals surface area contributed by atoms with Crippen LogP contribution >= 0.6 is 15.9 Å². The topological polar surface area (TPSA) is 12.0 Å². The molecule has 1 nitrogen and oxygen atoms in total. The number of nitrogens with one attached hydrogen (secondary N) is 1. The summed E-state index contributed by atoms with van der Waals surface area (Å²) in [5, 5.41) is 3.64. The first-order chi connectivity index (χ1) is 8.56. The van der Waals surface area contributed by atoms with Crippen molar-refractivity contribution < 1.29 is 0 Å². The van der Waals surface area contributed by atoms with E-state index in [0.29, 0.717) is 6.04 Å². The summed E-state index contributed by atoms with van der Waals surface area (Å²) in [5.41, 5.74) is 3.91. The van der Waals surface area contributed by atoms with E-state index in [4.69, 9.17) is 0 Å². The maximum atomic E-state index is 4.00. The molecule has 1 N–H and O–H groups in total. The highest BCUT2D eigenvalue weighted by atomic mass is 79.9. The Morgan fingerprint density at radius 1 is 1.44 bits per heavy atom. The Morgan fingerprint density at radius 2 is 2.17 bits per heavy atom. The van der Waals surface area contributed by atoms with Gasteiger partial charge < -0.3 is 5.32 Å². The monoisotopic (exact) mass is 309 g/mol. The van der Waals surface area contributed by atoms with Gasteiger partial charge in [-0.25, -0.2) is 0 Å². The van der Waals surface area contributed by atoms with Gasteiger partial charge in [0.25, 0.3) is 0 Å². The quantitative estimate of drug-likeness (QED) is 0.686. The average Bonchev–Trinajstić information content (AvgIpc) is 2.33. The van der Waals surface area contributed by atoms with E-state index in [0.717, 1.165) is 25.8 Å². The number of allylic oxidation sites excluding steroid dienone is 1. The first-order valence-electron chi connectivity index (χ1n) is 6.69. The fourth-order valence-corrected chi connectivity index (χ4v) is 2.56. The molecule has 0 spiro atoms. The number of aryl methyl sites for hydroxylation is 1. The van der Waals surface area contributed by atoms with Crippen molar-refractivity contribution in [3.63, 3.8) is 0 Å². The number of hydrogen-bond acceptors (Lipinski definition) is 1. The van der Waals surface area contributed by atoms with E-state index in [-0.39, 0.29) is 0 Å². The highest BCUT2D eigenvalue weighted by Crippen LogP contribution is 2.29. The Bertz CT molecular complexity index is 398. The second kappa shape index (κ2) is 7.75. The fourth-order valence-electron chi connectivity index (χ4n) is 2.02. The van der Waals surface area contributed by atoms with Gasteiger partial charge in [-0.3, -0.25) is 0 Å². The lowest BCUT2D eigenvalue weighted by molar-refractivity contribution is 0.497. The number of benzene rings is 1. The number of halogens is 1. The molecule has 1 unspecified atom stereocenters. The lowest BCUT2D eigenvalue weighted by atomic mass is 9.98. The number of rotatable bonds is 7. The van der Waals surface area contributed by atoms with Crippen molar-refractivity contribution in [2.75, 3.05) is 6.54 Å². The lowest BCUT2D eigenvalue weighted by Gasteiger charge is -2.21. The maximum Gasteiger partial charge on any atom is 0.0334 e. The van der Waals surface area contributed by atoms with Gasteiger partial charge in [0, 0.05) is 10.5 Å². The second-order valence-electron chi connectivity index (χ2n) is 4.98. The Balaban J connectivity index is 2.86. The standard InChI is InChI=1S/C16H24BrN/c1-5-11-18-15(10-9-12(2)3)14-8-6-7-13(4)16(14)17/h6-8,15,18H,2,5,9-11H2,1,3-4H3. The Morgan fingerprint density at radius 3 is 2.78 bits per heavy atom. The molecule has 0 aromatic heterocycles. The summed E-state index contributed by atoms with van der Waals surface area (Å²) in [6, 6.07) is 6.90. The zero-order chi connectivity index (χ0) is 13.5. The van der Waals surface area contributed by atoms with E-state index in [2.05, 4.69) is 66.8 Å². The van der Waals surface area contributed by atoms with Gasteiger partial charge in [-0.05, 0) is 50.8 Å². The van der Waals surface area contributed by atoms with Crippen LogP contribution in [0, 0.1) is 6.92 Å². The molecular weight excluding hydrogens is 286 g/mol. The summed E-state index contributed by atoms with van der Waals surface area (Å²) in [7, 11) is 0. The summed E-state index contributed by atoms with van der Waals surface area (Å²) in [6.45, 7) is 11.5. The van der Waals surface area contributed by atoms with Crippen LogP contribution in [0.4, 0.5) is 0 Å². The molecule has 0 aliphatic rings. The van der Waals surface area contributed by atoms with Gasteiger partial charge in [-0.2, -0.15) is 0 Å². The molecular formula is C16H24BrN. The van der Waals surface area contributed by atoms with Crippen molar-refractivity contribution in [3.8, 4) is 0 Å². The summed E-state index contributed by atoms with van der Waals surface area (Å²) >= 11 is 3.72. The molecule has 1 aromatic rings. The molecule has 1 atom stereocenters. The van der Waals surface area contributed by atoms with Crippen molar-refractivity contribution >= 4 is 15.9 Å². The molecule has 18 heavy (non-hydrogen) atoms. The molecule has 0 bridgehead atoms. The summed E-state index contributed by atoms with van der Waals surface area (Å²) in [6.07, 6.45) is 3.34. The molecule has 2 heteroatoms. The third-order valence-corrected chi connectivity index (χ3v) is 4.18. The lowest BCUT2D eigenvalue weighted by Crippen LogP contribution is -2.22. The van der Waals surface area contributed by atoms with Crippen molar-refractivity contribution in [2.24, 2.45) is 0 Å². The summed E-state index contributed by atoms with van der Waals surface area (Å²) in [4.78, 5) is 0. The third-order valence-electron chi connectivity index (χ3n) is 3.10. The van der Waals surface area contributed by atoms with Crippen LogP contribution in [0.5, 0.6) is 0 Å². The van der Waals surface area contributed by atoms with Gasteiger partial charge in [0.15, 0.2) is 0 Å². The minimum atomic E-state index is 0.413. The molecule has 0 aliphatic heterocycles. The van der Waals surface area contributed by atoms with Crippen molar-refractivity contribution in [1.82, 2.24) is 5.32 Å². The fraction of sp³-hybridized carbons (Fsp3) is 0.500. The van der Waals surface area contributed by atoms with E-state index < -0.39 is 0 Å². The van der Waals surface area contributed by atoms with Crippen LogP contribution in [-0.4, -0.2) is 6.54 Å². The maximum absolute atomic E-state index is 4.00. The molecule has 0 saturated heterocycles. The minimum absolute atomic E-state index is 0.413. The van der Waals surface area contributed by atoms with Crippen LogP contribution in [0.2, 0.25) is 0 Å². The number of hydrogen-bond donors (Lipinski definition) is 1. The molecule has 1 rings (SSSR count). The minimum Gasteiger partial charge on any atom is -0.310 e. The first-order valence-corrected chi connectivity index (χ1v) is 7.48. The molecule has 0 aliphatic carbocycles. The highest BCUT2D eigenvalue weighted by Gasteiger charge is 2.14. The largest absolute Gasteiger partial charge is 0.310 e. The smallest absolute Gasteiger partial charge is 0.0334 e. The zero-order valence-corrected chi connectivity index (χ0v) is 13.3. The zero-order valence-electron chi connectivity index (χ0n) is 11.7. The summed E-state index contributed by atoms with van der Waals surface area (Å²) in [5.74, 6) is 0. The Hall–Kier alpha value is -0.600. The van der Waals surface area contributed by atoms with E-state index in [1.165, 1.54) is 21.2 Å². The molecule has 0 amide bonds. The third kappa shape index (κ3) is 4.58. The van der Waals surface area contributed by atoms with E-state index >= 15 is 0 Å². The van der Waals surface area contributed by atoms with E-state index in [1.807, 2.05) is 0 Å². The molecule has 0 radical (unpaired) electrons. The van der Waals surface area contributed by atoms with Crippen molar-refractivity contribution in [1.29, 1.82) is 0 Å². The molecule has 0 saturated carbocycles. The van der Waals surface area contributed by atoms with E-state index in [9.17, 15) is 0 Å². The molecule has 100 valence electrons. The van der Waals surface area contributed by atoms with Crippen LogP contribution in [0.3, 0.4) is 0 Å². The van der Waals surface area contributed by atoms with Crippen molar-refractivity contribution in [2.45, 2.75) is 46.1 Å². The van der Waals surface area contributed by atoms with Crippen molar-refractivity contribution in [3.05, 3.63) is 46.0 Å². The Labute approximate surface area is 120 Å². The van der Waals surface area contributed by atoms with Gasteiger partial charge in [0.1, 0.15) is 0 Å². The van der Waals surface area contributed by atoms with Crippen LogP contribution in [0.1, 0.15) is 50.3 Å². The van der Waals surface area contributed by atoms with Gasteiger partial charge in [-0.1, -0.05) is 46.6 Å². The van der Waals surface area contributed by atoms with Crippen LogP contribution in [-0.2, 0) is 0 Å². The molecule has 1 aromatic carbocycles. The van der Waals surface area contributed by atoms with Gasteiger partial charge in [0.05, 0.1) is 0 Å². The first kappa shape index (κ1) is 15.5. The van der Waals surface area contributed by atoms with Gasteiger partial charge in [0.2, 0.25) is 0 Å². The SMILES string of the molecule is C=C(C)CCC(NCCC)c1cccc(C)c1Br. The second-order valence-corrected chi connectivity index (χ2v) is 5.77. The predicted octanol–water partition coefficient (Wildman–Crippen LogP) is 5.15. The average molecular weight is 310 g/mol. The normalized spacial score (nSPS) is 12.4. The van der Waals surface area contributed by atoms with Crippen LogP contribution in [0.15, 0.2) is 34.8 Å². The molecule has 0 heterocycles. The Kier molecular flexibility index (Phi) is 6.66. The van der Waals surface area contributed by atoms with Crippen LogP contribution < -0.4 is 5.32 Å². The predicted molar refractivity (Wildman–Crippen MR) is 84.0 cm³/mol. The van der Waals surface area contributed by atoms with Gasteiger partial charge in [-0.15, -0.1) is 6.58 Å².